The Morgan fingerprint density at radius 1 is 1.71 bits per heavy atom. The molecule has 0 fully saturated rings. The van der Waals surface area contributed by atoms with Crippen LogP contribution in [0.4, 0.5) is 0 Å². The minimum absolute atomic E-state index is 0.417. The molecule has 2 heteroatoms. The second kappa shape index (κ2) is 1.17. The van der Waals surface area contributed by atoms with Crippen molar-refractivity contribution in [3.8, 4) is 0 Å². The lowest BCUT2D eigenvalue weighted by Crippen LogP contribution is -2.28. The minimum atomic E-state index is -0.417. The van der Waals surface area contributed by atoms with E-state index in [9.17, 15) is 0 Å². The van der Waals surface area contributed by atoms with Crippen LogP contribution < -0.4 is 5.73 Å². The van der Waals surface area contributed by atoms with Crippen molar-refractivity contribution in [2.24, 2.45) is 10.7 Å². The van der Waals surface area contributed by atoms with Gasteiger partial charge >= 0.3 is 0 Å². The van der Waals surface area contributed by atoms with Gasteiger partial charge in [-0.25, -0.2) is 0 Å². The van der Waals surface area contributed by atoms with Gasteiger partial charge in [0.1, 0.15) is 5.66 Å². The Hall–Kier alpha value is -0.630. The zero-order valence-electron chi connectivity index (χ0n) is 4.26. The largest absolute Gasteiger partial charge is 0.304 e. The van der Waals surface area contributed by atoms with Crippen molar-refractivity contribution in [1.82, 2.24) is 0 Å². The van der Waals surface area contributed by atoms with Crippen molar-refractivity contribution < 1.29 is 0 Å². The standard InChI is InChI=1S/C5H8N2/c1-5(6)3-2-4-7-5/h2-4H,6H2,1H3. The van der Waals surface area contributed by atoms with Crippen LogP contribution >= 0.6 is 0 Å². The third-order valence-corrected chi connectivity index (χ3v) is 0.872. The maximum absolute atomic E-state index is 5.49. The molecule has 1 aliphatic heterocycles. The van der Waals surface area contributed by atoms with Gasteiger partial charge < -0.3 is 5.73 Å². The molecule has 0 radical (unpaired) electrons. The number of hydrogen-bond acceptors (Lipinski definition) is 2. The Bertz CT molecular complexity index is 108. The Labute approximate surface area is 42.7 Å². The van der Waals surface area contributed by atoms with Crippen molar-refractivity contribution in [3.05, 3.63) is 12.2 Å². The van der Waals surface area contributed by atoms with Crippen LogP contribution in [0.1, 0.15) is 6.92 Å². The van der Waals surface area contributed by atoms with Gasteiger partial charge in [-0.1, -0.05) is 0 Å². The molecular formula is C5H8N2. The van der Waals surface area contributed by atoms with Gasteiger partial charge in [-0.05, 0) is 19.1 Å². The Morgan fingerprint density at radius 2 is 2.43 bits per heavy atom. The van der Waals surface area contributed by atoms with Gasteiger partial charge in [-0.3, -0.25) is 4.99 Å². The Morgan fingerprint density at radius 3 is 2.57 bits per heavy atom. The molecule has 0 aromatic carbocycles. The Balaban J connectivity index is 2.77. The normalized spacial score (nSPS) is 37.4. The molecule has 0 aromatic rings. The Kier molecular flexibility index (Phi) is 0.755. The number of aliphatic imine (C=N–C) groups is 1. The molecule has 0 spiro atoms. The number of hydrogen-bond donors (Lipinski definition) is 1. The molecule has 1 atom stereocenters. The molecule has 0 amide bonds. The molecule has 0 saturated carbocycles. The highest BCUT2D eigenvalue weighted by atomic mass is 15.0. The molecule has 0 aromatic heterocycles. The maximum Gasteiger partial charge on any atom is 0.124 e. The summed E-state index contributed by atoms with van der Waals surface area (Å²) in [6.07, 6.45) is 5.41. The predicted molar refractivity (Wildman–Crippen MR) is 30.2 cm³/mol. The van der Waals surface area contributed by atoms with E-state index in [1.54, 1.807) is 6.21 Å². The monoisotopic (exact) mass is 96.1 g/mol. The maximum atomic E-state index is 5.49. The van der Waals surface area contributed by atoms with Crippen LogP contribution in [0.3, 0.4) is 0 Å². The van der Waals surface area contributed by atoms with Gasteiger partial charge in [-0.15, -0.1) is 0 Å². The van der Waals surface area contributed by atoms with E-state index in [-0.39, 0.29) is 0 Å². The molecule has 0 saturated heterocycles. The van der Waals surface area contributed by atoms with Crippen molar-refractivity contribution >= 4 is 6.21 Å². The molecular weight excluding hydrogens is 88.1 g/mol. The first-order chi connectivity index (χ1) is 3.21. The van der Waals surface area contributed by atoms with Gasteiger partial charge in [-0.2, -0.15) is 0 Å². The first-order valence-electron chi connectivity index (χ1n) is 2.23. The number of nitrogens with two attached hydrogens (primary N) is 1. The topological polar surface area (TPSA) is 38.4 Å². The molecule has 1 aliphatic rings. The first-order valence-corrected chi connectivity index (χ1v) is 2.23. The third-order valence-electron chi connectivity index (χ3n) is 0.872. The summed E-state index contributed by atoms with van der Waals surface area (Å²) < 4.78 is 0. The van der Waals surface area contributed by atoms with E-state index in [4.69, 9.17) is 5.73 Å². The van der Waals surface area contributed by atoms with Gasteiger partial charge in [0, 0.05) is 6.21 Å². The van der Waals surface area contributed by atoms with Crippen molar-refractivity contribution in [1.29, 1.82) is 0 Å². The van der Waals surface area contributed by atoms with Crippen LogP contribution in [0.2, 0.25) is 0 Å². The summed E-state index contributed by atoms with van der Waals surface area (Å²) >= 11 is 0. The average molecular weight is 96.1 g/mol. The highest BCUT2D eigenvalue weighted by Crippen LogP contribution is 2.05. The fraction of sp³-hybridized carbons (Fsp3) is 0.400. The summed E-state index contributed by atoms with van der Waals surface area (Å²) in [4.78, 5) is 3.91. The molecule has 1 heterocycles. The summed E-state index contributed by atoms with van der Waals surface area (Å²) in [5.41, 5.74) is 5.08. The fourth-order valence-corrected chi connectivity index (χ4v) is 0.485. The molecule has 0 aliphatic carbocycles. The SMILES string of the molecule is CC1(N)C=CC=N1. The van der Waals surface area contributed by atoms with E-state index in [0.29, 0.717) is 0 Å². The first kappa shape index (κ1) is 4.53. The molecule has 38 valence electrons. The summed E-state index contributed by atoms with van der Waals surface area (Å²) in [7, 11) is 0. The predicted octanol–water partition coefficient (Wildman–Crippen LogP) is 0.302. The fourth-order valence-electron chi connectivity index (χ4n) is 0.485. The van der Waals surface area contributed by atoms with Crippen molar-refractivity contribution in [2.75, 3.05) is 0 Å². The summed E-state index contributed by atoms with van der Waals surface area (Å²) in [5, 5.41) is 0. The summed E-state index contributed by atoms with van der Waals surface area (Å²) in [6, 6.07) is 0. The van der Waals surface area contributed by atoms with Crippen LogP contribution in [0.25, 0.3) is 0 Å². The zero-order chi connectivity index (χ0) is 5.33. The number of allylic oxidation sites excluding steroid dienone is 1. The molecule has 7 heavy (non-hydrogen) atoms. The average Bonchev–Trinajstić information content (AvgIpc) is 1.84. The second-order valence-electron chi connectivity index (χ2n) is 1.86. The molecule has 1 unspecified atom stereocenters. The summed E-state index contributed by atoms with van der Waals surface area (Å²) in [6.45, 7) is 1.85. The van der Waals surface area contributed by atoms with E-state index in [1.165, 1.54) is 0 Å². The van der Waals surface area contributed by atoms with Gasteiger partial charge in [0.05, 0.1) is 0 Å². The lowest BCUT2D eigenvalue weighted by atomic mass is 10.2. The minimum Gasteiger partial charge on any atom is -0.304 e. The third kappa shape index (κ3) is 0.871. The van der Waals surface area contributed by atoms with Gasteiger partial charge in [0.15, 0.2) is 0 Å². The van der Waals surface area contributed by atoms with Crippen LogP contribution in [-0.2, 0) is 0 Å². The number of nitrogens with zero attached hydrogens (tertiary/aromatic N) is 1. The highest BCUT2D eigenvalue weighted by Gasteiger charge is 2.11. The van der Waals surface area contributed by atoms with E-state index in [0.717, 1.165) is 0 Å². The lowest BCUT2D eigenvalue weighted by Gasteiger charge is -2.07. The zero-order valence-corrected chi connectivity index (χ0v) is 4.26. The number of rotatable bonds is 0. The van der Waals surface area contributed by atoms with E-state index in [2.05, 4.69) is 4.99 Å². The lowest BCUT2D eigenvalue weighted by molar-refractivity contribution is 0.634. The highest BCUT2D eigenvalue weighted by molar-refractivity contribution is 5.74. The smallest absolute Gasteiger partial charge is 0.124 e. The molecule has 2 N–H and O–H groups in total. The van der Waals surface area contributed by atoms with Crippen molar-refractivity contribution in [3.63, 3.8) is 0 Å². The van der Waals surface area contributed by atoms with E-state index in [1.807, 2.05) is 19.1 Å². The van der Waals surface area contributed by atoms with E-state index >= 15 is 0 Å². The van der Waals surface area contributed by atoms with E-state index < -0.39 is 5.66 Å². The van der Waals surface area contributed by atoms with Gasteiger partial charge in [0.25, 0.3) is 0 Å². The molecule has 2 nitrogen and oxygen atoms in total. The quantitative estimate of drug-likeness (QED) is 0.463. The van der Waals surface area contributed by atoms with Crippen molar-refractivity contribution in [2.45, 2.75) is 12.6 Å². The molecule has 0 bridgehead atoms. The van der Waals surface area contributed by atoms with Crippen LogP contribution in [0, 0.1) is 0 Å². The second-order valence-corrected chi connectivity index (χ2v) is 1.86. The van der Waals surface area contributed by atoms with Crippen LogP contribution in [0.15, 0.2) is 17.1 Å². The van der Waals surface area contributed by atoms with Gasteiger partial charge in [0.2, 0.25) is 0 Å². The summed E-state index contributed by atoms with van der Waals surface area (Å²) in [5.74, 6) is 0. The molecule has 1 rings (SSSR count). The van der Waals surface area contributed by atoms with Crippen LogP contribution in [0.5, 0.6) is 0 Å². The van der Waals surface area contributed by atoms with Crippen LogP contribution in [-0.4, -0.2) is 11.9 Å².